The summed E-state index contributed by atoms with van der Waals surface area (Å²) in [7, 11) is 0. The van der Waals surface area contributed by atoms with Gasteiger partial charge < -0.3 is 5.73 Å². The van der Waals surface area contributed by atoms with E-state index in [-0.39, 0.29) is 5.91 Å². The van der Waals surface area contributed by atoms with Gasteiger partial charge in [0.15, 0.2) is 0 Å². The molecule has 0 aliphatic heterocycles. The highest BCUT2D eigenvalue weighted by molar-refractivity contribution is 6.18. The lowest BCUT2D eigenvalue weighted by Crippen LogP contribution is -2.13. The van der Waals surface area contributed by atoms with Crippen LogP contribution in [0.25, 0.3) is 5.57 Å². The second kappa shape index (κ2) is 3.90. The Labute approximate surface area is 78.1 Å². The Balaban J connectivity index is 3.21. The molecule has 2 N–H and O–H groups in total. The van der Waals surface area contributed by atoms with Gasteiger partial charge in [0.25, 0.3) is 0 Å². The van der Waals surface area contributed by atoms with Crippen LogP contribution < -0.4 is 5.73 Å². The molecular weight excluding hydrogens is 162 g/mol. The van der Waals surface area contributed by atoms with Gasteiger partial charge in [-0.15, -0.1) is 0 Å². The van der Waals surface area contributed by atoms with Crippen LogP contribution >= 0.6 is 0 Å². The third kappa shape index (κ3) is 1.96. The highest BCUT2D eigenvalue weighted by Crippen LogP contribution is 2.17. The first-order valence-electron chi connectivity index (χ1n) is 4.19. The molecule has 68 valence electrons. The van der Waals surface area contributed by atoms with Gasteiger partial charge in [0.2, 0.25) is 5.91 Å². The number of carbonyl (C=O) groups excluding carboxylic acids is 1. The summed E-state index contributed by atoms with van der Waals surface area (Å²) in [5.74, 6) is -0.378. The summed E-state index contributed by atoms with van der Waals surface area (Å²) in [5.41, 5.74) is 7.80. The molecule has 0 radical (unpaired) electrons. The molecule has 2 heteroatoms. The van der Waals surface area contributed by atoms with E-state index in [2.05, 4.69) is 0 Å². The third-order valence-corrected chi connectivity index (χ3v) is 1.99. The van der Waals surface area contributed by atoms with Crippen molar-refractivity contribution in [1.29, 1.82) is 0 Å². The fourth-order valence-electron chi connectivity index (χ4n) is 1.31. The lowest BCUT2D eigenvalue weighted by atomic mass is 10.0. The maximum Gasteiger partial charge on any atom is 0.248 e. The van der Waals surface area contributed by atoms with Crippen LogP contribution in [-0.4, -0.2) is 5.91 Å². The van der Waals surface area contributed by atoms with Crippen LogP contribution in [0.1, 0.15) is 18.1 Å². The molecule has 0 aromatic heterocycles. The molecule has 0 fully saturated rings. The minimum atomic E-state index is -0.378. The van der Waals surface area contributed by atoms with Crippen molar-refractivity contribution in [2.75, 3.05) is 0 Å². The van der Waals surface area contributed by atoms with Crippen molar-refractivity contribution in [2.24, 2.45) is 5.73 Å². The molecule has 0 heterocycles. The molecule has 1 aromatic rings. The third-order valence-electron chi connectivity index (χ3n) is 1.99. The SMILES string of the molecule is CC=C(C(N)=O)c1ccccc1C. The zero-order chi connectivity index (χ0) is 9.84. The number of carbonyl (C=O) groups is 1. The van der Waals surface area contributed by atoms with Crippen LogP contribution in [0, 0.1) is 6.92 Å². The molecule has 1 amide bonds. The molecule has 0 bridgehead atoms. The van der Waals surface area contributed by atoms with Gasteiger partial charge in [0.1, 0.15) is 0 Å². The molecule has 1 aromatic carbocycles. The predicted octanol–water partition coefficient (Wildman–Crippen LogP) is 1.88. The van der Waals surface area contributed by atoms with E-state index in [1.54, 1.807) is 6.08 Å². The van der Waals surface area contributed by atoms with E-state index in [0.29, 0.717) is 5.57 Å². The minimum Gasteiger partial charge on any atom is -0.366 e. The van der Waals surface area contributed by atoms with Crippen molar-refractivity contribution in [3.05, 3.63) is 41.5 Å². The van der Waals surface area contributed by atoms with E-state index in [1.165, 1.54) is 0 Å². The van der Waals surface area contributed by atoms with Gasteiger partial charge in [-0.1, -0.05) is 30.3 Å². The molecular formula is C11H13NO. The van der Waals surface area contributed by atoms with Gasteiger partial charge in [0.05, 0.1) is 0 Å². The Morgan fingerprint density at radius 3 is 2.46 bits per heavy atom. The normalized spacial score (nSPS) is 11.4. The van der Waals surface area contributed by atoms with Gasteiger partial charge in [-0.3, -0.25) is 4.79 Å². The van der Waals surface area contributed by atoms with Crippen molar-refractivity contribution in [3.8, 4) is 0 Å². The van der Waals surface area contributed by atoms with Crippen molar-refractivity contribution in [3.63, 3.8) is 0 Å². The Kier molecular flexibility index (Phi) is 2.85. The van der Waals surface area contributed by atoms with Crippen LogP contribution in [0.15, 0.2) is 30.3 Å². The monoisotopic (exact) mass is 175 g/mol. The topological polar surface area (TPSA) is 43.1 Å². The van der Waals surface area contributed by atoms with Crippen molar-refractivity contribution >= 4 is 11.5 Å². The highest BCUT2D eigenvalue weighted by atomic mass is 16.1. The van der Waals surface area contributed by atoms with Gasteiger partial charge in [-0.2, -0.15) is 0 Å². The van der Waals surface area contributed by atoms with Crippen LogP contribution in [-0.2, 0) is 4.79 Å². The molecule has 0 saturated carbocycles. The van der Waals surface area contributed by atoms with Gasteiger partial charge in [-0.05, 0) is 25.0 Å². The van der Waals surface area contributed by atoms with E-state index < -0.39 is 0 Å². The van der Waals surface area contributed by atoms with Crippen LogP contribution in [0.3, 0.4) is 0 Å². The van der Waals surface area contributed by atoms with E-state index in [0.717, 1.165) is 11.1 Å². The van der Waals surface area contributed by atoms with E-state index in [1.807, 2.05) is 38.1 Å². The fraction of sp³-hybridized carbons (Fsp3) is 0.182. The zero-order valence-electron chi connectivity index (χ0n) is 7.87. The first kappa shape index (κ1) is 9.52. The number of nitrogens with two attached hydrogens (primary N) is 1. The van der Waals surface area contributed by atoms with E-state index >= 15 is 0 Å². The largest absolute Gasteiger partial charge is 0.366 e. The number of rotatable bonds is 2. The maximum atomic E-state index is 11.0. The average molecular weight is 175 g/mol. The Hall–Kier alpha value is -1.57. The lowest BCUT2D eigenvalue weighted by Gasteiger charge is -2.05. The van der Waals surface area contributed by atoms with Crippen molar-refractivity contribution < 1.29 is 4.79 Å². The first-order valence-corrected chi connectivity index (χ1v) is 4.19. The molecule has 0 atom stereocenters. The lowest BCUT2D eigenvalue weighted by molar-refractivity contribution is -0.112. The molecule has 0 saturated heterocycles. The minimum absolute atomic E-state index is 0.378. The van der Waals surface area contributed by atoms with Gasteiger partial charge in [0, 0.05) is 5.57 Å². The molecule has 0 aliphatic carbocycles. The summed E-state index contributed by atoms with van der Waals surface area (Å²) in [4.78, 5) is 11.0. The van der Waals surface area contributed by atoms with Gasteiger partial charge in [-0.25, -0.2) is 0 Å². The fourth-order valence-corrected chi connectivity index (χ4v) is 1.31. The standard InChI is InChI=1S/C11H13NO/c1-3-9(11(12)13)10-7-5-4-6-8(10)2/h3-7H,1-2H3,(H2,12,13). The van der Waals surface area contributed by atoms with E-state index in [4.69, 9.17) is 5.73 Å². The molecule has 1 rings (SSSR count). The summed E-state index contributed by atoms with van der Waals surface area (Å²) < 4.78 is 0. The summed E-state index contributed by atoms with van der Waals surface area (Å²) in [6, 6.07) is 7.69. The second-order valence-corrected chi connectivity index (χ2v) is 2.88. The maximum absolute atomic E-state index is 11.0. The van der Waals surface area contributed by atoms with Crippen molar-refractivity contribution in [2.45, 2.75) is 13.8 Å². The number of amides is 1. The zero-order valence-corrected chi connectivity index (χ0v) is 7.87. The summed E-state index contributed by atoms with van der Waals surface area (Å²) in [5, 5.41) is 0. The number of hydrogen-bond donors (Lipinski definition) is 1. The van der Waals surface area contributed by atoms with Crippen LogP contribution in [0.2, 0.25) is 0 Å². The van der Waals surface area contributed by atoms with Gasteiger partial charge >= 0.3 is 0 Å². The molecule has 13 heavy (non-hydrogen) atoms. The summed E-state index contributed by atoms with van der Waals surface area (Å²) >= 11 is 0. The number of allylic oxidation sites excluding steroid dienone is 1. The summed E-state index contributed by atoms with van der Waals surface area (Å²) in [6.45, 7) is 3.77. The molecule has 0 aliphatic rings. The Bertz CT molecular complexity index is 353. The average Bonchev–Trinajstić information content (AvgIpc) is 2.09. The van der Waals surface area contributed by atoms with Crippen molar-refractivity contribution in [1.82, 2.24) is 0 Å². The van der Waals surface area contributed by atoms with Crippen LogP contribution in [0.4, 0.5) is 0 Å². The smallest absolute Gasteiger partial charge is 0.248 e. The molecule has 0 spiro atoms. The van der Waals surface area contributed by atoms with Crippen LogP contribution in [0.5, 0.6) is 0 Å². The molecule has 0 unspecified atom stereocenters. The molecule has 2 nitrogen and oxygen atoms in total. The Morgan fingerprint density at radius 2 is 2.00 bits per heavy atom. The number of primary amides is 1. The second-order valence-electron chi connectivity index (χ2n) is 2.88. The Morgan fingerprint density at radius 1 is 1.38 bits per heavy atom. The number of benzene rings is 1. The van der Waals surface area contributed by atoms with E-state index in [9.17, 15) is 4.79 Å². The highest BCUT2D eigenvalue weighted by Gasteiger charge is 2.07. The first-order chi connectivity index (χ1) is 6.16. The summed E-state index contributed by atoms with van der Waals surface area (Å²) in [6.07, 6.45) is 1.74. The number of hydrogen-bond acceptors (Lipinski definition) is 1. The quantitative estimate of drug-likeness (QED) is 0.685. The predicted molar refractivity (Wildman–Crippen MR) is 54.0 cm³/mol. The number of aryl methyl sites for hydroxylation is 1.